The van der Waals surface area contributed by atoms with Gasteiger partial charge in [0.25, 0.3) is 0 Å². The number of aryl methyl sites for hydroxylation is 2. The first kappa shape index (κ1) is 17.7. The van der Waals surface area contributed by atoms with Crippen molar-refractivity contribution in [2.45, 2.75) is 19.9 Å². The molecule has 2 heterocycles. The van der Waals surface area contributed by atoms with Crippen molar-refractivity contribution in [1.82, 2.24) is 19.3 Å². The van der Waals surface area contributed by atoms with Crippen molar-refractivity contribution < 1.29 is 9.21 Å². The van der Waals surface area contributed by atoms with Crippen LogP contribution in [-0.4, -0.2) is 25.2 Å². The fourth-order valence-corrected chi connectivity index (χ4v) is 3.30. The minimum atomic E-state index is -0.175. The van der Waals surface area contributed by atoms with Crippen LogP contribution in [0.2, 0.25) is 0 Å². The monoisotopic (exact) mass is 377 g/mol. The van der Waals surface area contributed by atoms with Crippen molar-refractivity contribution in [3.05, 3.63) is 64.9 Å². The van der Waals surface area contributed by atoms with Gasteiger partial charge in [0.2, 0.25) is 18.2 Å². The Labute approximate surface area is 160 Å². The van der Waals surface area contributed by atoms with E-state index in [4.69, 9.17) is 4.42 Å². The van der Waals surface area contributed by atoms with Crippen LogP contribution in [0.25, 0.3) is 22.5 Å². The molecule has 4 rings (SSSR count). The highest BCUT2D eigenvalue weighted by Crippen LogP contribution is 2.27. The van der Waals surface area contributed by atoms with E-state index in [1.54, 1.807) is 16.2 Å². The number of rotatable bonds is 5. The standard InChI is InChI=1S/C20H19N5O3/c1-13-14(19-23-21-12-28-19)6-5-7-15(13)22-18(26)10-11-25-17-9-4-3-8-16(17)24(2)20(25)27/h3-9,12H,10-11H2,1-2H3,(H,22,26). The topological polar surface area (TPSA) is 95.0 Å². The number of nitrogens with zero attached hydrogens (tertiary/aromatic N) is 4. The van der Waals surface area contributed by atoms with E-state index in [1.807, 2.05) is 49.4 Å². The van der Waals surface area contributed by atoms with E-state index in [-0.39, 0.29) is 18.0 Å². The Hall–Kier alpha value is -3.68. The molecule has 0 bridgehead atoms. The summed E-state index contributed by atoms with van der Waals surface area (Å²) in [5.74, 6) is 0.224. The number of para-hydroxylation sites is 2. The lowest BCUT2D eigenvalue weighted by Crippen LogP contribution is -2.24. The Morgan fingerprint density at radius 2 is 1.93 bits per heavy atom. The van der Waals surface area contributed by atoms with Crippen molar-refractivity contribution in [2.75, 3.05) is 5.32 Å². The number of hydrogen-bond acceptors (Lipinski definition) is 5. The summed E-state index contributed by atoms with van der Waals surface area (Å²) in [5, 5.41) is 10.5. The van der Waals surface area contributed by atoms with Gasteiger partial charge in [-0.25, -0.2) is 4.79 Å². The lowest BCUT2D eigenvalue weighted by molar-refractivity contribution is -0.116. The molecule has 0 fully saturated rings. The molecule has 142 valence electrons. The number of imidazole rings is 1. The molecule has 0 radical (unpaired) electrons. The zero-order chi connectivity index (χ0) is 19.7. The summed E-state index contributed by atoms with van der Waals surface area (Å²) >= 11 is 0. The Bertz CT molecular complexity index is 1200. The maximum atomic E-state index is 12.5. The number of hydrogen-bond donors (Lipinski definition) is 1. The molecular weight excluding hydrogens is 358 g/mol. The number of nitrogens with one attached hydrogen (secondary N) is 1. The predicted molar refractivity (Wildman–Crippen MR) is 105 cm³/mol. The van der Waals surface area contributed by atoms with Gasteiger partial charge in [-0.15, -0.1) is 10.2 Å². The quantitative estimate of drug-likeness (QED) is 0.577. The van der Waals surface area contributed by atoms with Gasteiger partial charge in [-0.3, -0.25) is 13.9 Å². The fourth-order valence-electron chi connectivity index (χ4n) is 3.30. The molecular formula is C20H19N5O3. The van der Waals surface area contributed by atoms with E-state index in [1.165, 1.54) is 6.39 Å². The van der Waals surface area contributed by atoms with Crippen LogP contribution in [0.15, 0.2) is 58.1 Å². The van der Waals surface area contributed by atoms with Crippen molar-refractivity contribution >= 4 is 22.6 Å². The van der Waals surface area contributed by atoms with Gasteiger partial charge in [-0.1, -0.05) is 18.2 Å². The van der Waals surface area contributed by atoms with Crippen LogP contribution in [0.1, 0.15) is 12.0 Å². The molecule has 0 aliphatic carbocycles. The molecule has 8 nitrogen and oxygen atoms in total. The molecule has 0 saturated heterocycles. The Balaban J connectivity index is 1.52. The van der Waals surface area contributed by atoms with Crippen molar-refractivity contribution in [3.63, 3.8) is 0 Å². The largest absolute Gasteiger partial charge is 0.423 e. The molecule has 4 aromatic rings. The Morgan fingerprint density at radius 1 is 1.14 bits per heavy atom. The predicted octanol–water partition coefficient (Wildman–Crippen LogP) is 2.73. The van der Waals surface area contributed by atoms with Crippen molar-refractivity contribution in [2.24, 2.45) is 7.05 Å². The highest BCUT2D eigenvalue weighted by atomic mass is 16.4. The van der Waals surface area contributed by atoms with Gasteiger partial charge in [0.15, 0.2) is 0 Å². The van der Waals surface area contributed by atoms with E-state index < -0.39 is 0 Å². The molecule has 8 heteroatoms. The van der Waals surface area contributed by atoms with Gasteiger partial charge >= 0.3 is 5.69 Å². The highest BCUT2D eigenvalue weighted by Gasteiger charge is 2.14. The normalized spacial score (nSPS) is 11.1. The molecule has 0 aliphatic heterocycles. The van der Waals surface area contributed by atoms with Gasteiger partial charge < -0.3 is 9.73 Å². The third-order valence-corrected chi connectivity index (χ3v) is 4.81. The van der Waals surface area contributed by atoms with E-state index in [9.17, 15) is 9.59 Å². The number of aromatic nitrogens is 4. The van der Waals surface area contributed by atoms with Crippen LogP contribution in [-0.2, 0) is 18.4 Å². The molecule has 0 atom stereocenters. The van der Waals surface area contributed by atoms with E-state index in [0.29, 0.717) is 18.1 Å². The maximum absolute atomic E-state index is 12.5. The molecule has 0 unspecified atom stereocenters. The third-order valence-electron chi connectivity index (χ3n) is 4.81. The summed E-state index contributed by atoms with van der Waals surface area (Å²) in [5.41, 5.74) is 3.80. The SMILES string of the molecule is Cc1c(NC(=O)CCn2c(=O)n(C)c3ccccc32)cccc1-c1nnco1. The molecule has 28 heavy (non-hydrogen) atoms. The van der Waals surface area contributed by atoms with Crippen molar-refractivity contribution in [1.29, 1.82) is 0 Å². The van der Waals surface area contributed by atoms with Crippen LogP contribution in [0.3, 0.4) is 0 Å². The number of carbonyl (C=O) groups excluding carboxylic acids is 1. The first-order valence-corrected chi connectivity index (χ1v) is 8.86. The minimum absolute atomic E-state index is 0.136. The molecule has 1 amide bonds. The zero-order valence-electron chi connectivity index (χ0n) is 15.5. The molecule has 0 saturated carbocycles. The number of anilines is 1. The minimum Gasteiger partial charge on any atom is -0.423 e. The summed E-state index contributed by atoms with van der Waals surface area (Å²) < 4.78 is 8.46. The second kappa shape index (κ2) is 7.15. The van der Waals surface area contributed by atoms with Crippen LogP contribution in [0.4, 0.5) is 5.69 Å². The lowest BCUT2D eigenvalue weighted by atomic mass is 10.1. The van der Waals surface area contributed by atoms with Gasteiger partial charge in [-0.05, 0) is 36.8 Å². The second-order valence-electron chi connectivity index (χ2n) is 6.50. The van der Waals surface area contributed by atoms with Crippen LogP contribution in [0, 0.1) is 6.92 Å². The highest BCUT2D eigenvalue weighted by molar-refractivity contribution is 5.92. The van der Waals surface area contributed by atoms with E-state index >= 15 is 0 Å². The molecule has 0 spiro atoms. The van der Waals surface area contributed by atoms with E-state index in [0.717, 1.165) is 22.2 Å². The molecule has 2 aromatic carbocycles. The smallest absolute Gasteiger partial charge is 0.328 e. The lowest BCUT2D eigenvalue weighted by Gasteiger charge is -2.11. The zero-order valence-corrected chi connectivity index (χ0v) is 15.5. The average molecular weight is 377 g/mol. The van der Waals surface area contributed by atoms with Gasteiger partial charge in [-0.2, -0.15) is 0 Å². The molecule has 1 N–H and O–H groups in total. The molecule has 0 aliphatic rings. The summed E-state index contributed by atoms with van der Waals surface area (Å²) in [4.78, 5) is 25.0. The van der Waals surface area contributed by atoms with Gasteiger partial charge in [0.05, 0.1) is 11.0 Å². The maximum Gasteiger partial charge on any atom is 0.328 e. The van der Waals surface area contributed by atoms with Gasteiger partial charge in [0, 0.05) is 31.3 Å². The first-order chi connectivity index (χ1) is 13.6. The number of benzene rings is 2. The Kier molecular flexibility index (Phi) is 4.52. The van der Waals surface area contributed by atoms with Crippen LogP contribution < -0.4 is 11.0 Å². The first-order valence-electron chi connectivity index (χ1n) is 8.86. The number of fused-ring (bicyclic) bond motifs is 1. The summed E-state index contributed by atoms with van der Waals surface area (Å²) in [6, 6.07) is 13.0. The van der Waals surface area contributed by atoms with Gasteiger partial charge in [0.1, 0.15) is 0 Å². The van der Waals surface area contributed by atoms with E-state index in [2.05, 4.69) is 15.5 Å². The summed E-state index contributed by atoms with van der Waals surface area (Å²) in [7, 11) is 1.73. The van der Waals surface area contributed by atoms with Crippen molar-refractivity contribution in [3.8, 4) is 11.5 Å². The summed E-state index contributed by atoms with van der Waals surface area (Å²) in [6.07, 6.45) is 1.44. The molecule has 2 aromatic heterocycles. The number of carbonyl (C=O) groups is 1. The second-order valence-corrected chi connectivity index (χ2v) is 6.50. The third kappa shape index (κ3) is 3.09. The van der Waals surface area contributed by atoms with Crippen LogP contribution in [0.5, 0.6) is 0 Å². The fraction of sp³-hybridized carbons (Fsp3) is 0.200. The summed E-state index contributed by atoms with van der Waals surface area (Å²) in [6.45, 7) is 2.18. The Morgan fingerprint density at radius 3 is 2.68 bits per heavy atom. The van der Waals surface area contributed by atoms with Crippen LogP contribution >= 0.6 is 0 Å². The average Bonchev–Trinajstić information content (AvgIpc) is 3.31. The number of amides is 1.